The topological polar surface area (TPSA) is 116 Å². The molecule has 0 saturated heterocycles. The Morgan fingerprint density at radius 2 is 2.44 bits per heavy atom. The minimum atomic E-state index is -0.515. The summed E-state index contributed by atoms with van der Waals surface area (Å²) >= 11 is 0. The van der Waals surface area contributed by atoms with Gasteiger partial charge >= 0.3 is 0 Å². The number of nitro groups is 1. The molecule has 1 rings (SSSR count). The number of pyridine rings is 1. The first-order valence-corrected chi connectivity index (χ1v) is 5.30. The van der Waals surface area contributed by atoms with Gasteiger partial charge in [0.1, 0.15) is 12.0 Å². The molecule has 3 N–H and O–H groups in total. The first-order valence-electron chi connectivity index (χ1n) is 5.30. The molecule has 0 fully saturated rings. The van der Waals surface area contributed by atoms with Crippen LogP contribution in [0.4, 0.5) is 11.5 Å². The third kappa shape index (κ3) is 4.74. The molecule has 1 heterocycles. The van der Waals surface area contributed by atoms with Gasteiger partial charge in [-0.1, -0.05) is 0 Å². The number of ether oxygens (including phenoxy) is 1. The van der Waals surface area contributed by atoms with Crippen LogP contribution in [0.15, 0.2) is 23.3 Å². The summed E-state index contributed by atoms with van der Waals surface area (Å²) in [6.45, 7) is 1.16. The van der Waals surface area contributed by atoms with E-state index in [4.69, 9.17) is 10.5 Å². The lowest BCUT2D eigenvalue weighted by Crippen LogP contribution is -2.23. The highest BCUT2D eigenvalue weighted by Crippen LogP contribution is 2.11. The summed E-state index contributed by atoms with van der Waals surface area (Å²) in [6.07, 6.45) is 1.92. The second kappa shape index (κ2) is 7.17. The lowest BCUT2D eigenvalue weighted by Gasteiger charge is -2.04. The number of nitrogens with two attached hydrogens (primary N) is 1. The van der Waals surface area contributed by atoms with Gasteiger partial charge in [-0.25, -0.2) is 4.98 Å². The van der Waals surface area contributed by atoms with Crippen LogP contribution >= 0.6 is 0 Å². The standard InChI is InChI=1S/C10H15N5O3/c1-18-6-2-5-12-10(11)14-9-4-3-8(7-13-9)15(16)17/h3-4,7H,2,5-6H2,1H3,(H3,11,12,13,14). The first kappa shape index (κ1) is 13.8. The van der Waals surface area contributed by atoms with Gasteiger partial charge in [-0.2, -0.15) is 0 Å². The minimum Gasteiger partial charge on any atom is -0.385 e. The second-order valence-corrected chi connectivity index (χ2v) is 3.40. The Morgan fingerprint density at radius 3 is 3.00 bits per heavy atom. The summed E-state index contributed by atoms with van der Waals surface area (Å²) in [7, 11) is 1.62. The fourth-order valence-electron chi connectivity index (χ4n) is 1.15. The van der Waals surface area contributed by atoms with Crippen LogP contribution < -0.4 is 11.1 Å². The predicted octanol–water partition coefficient (Wildman–Crippen LogP) is 0.753. The predicted molar refractivity (Wildman–Crippen MR) is 67.5 cm³/mol. The van der Waals surface area contributed by atoms with Gasteiger partial charge in [0.05, 0.1) is 4.92 Å². The summed E-state index contributed by atoms with van der Waals surface area (Å²) in [5.74, 6) is 0.626. The summed E-state index contributed by atoms with van der Waals surface area (Å²) in [5.41, 5.74) is 5.54. The van der Waals surface area contributed by atoms with Crippen LogP contribution in [-0.4, -0.2) is 36.1 Å². The van der Waals surface area contributed by atoms with Gasteiger partial charge in [0.2, 0.25) is 0 Å². The quantitative estimate of drug-likeness (QED) is 0.254. The van der Waals surface area contributed by atoms with Crippen LogP contribution in [0.1, 0.15) is 6.42 Å². The van der Waals surface area contributed by atoms with Crippen LogP contribution in [0.3, 0.4) is 0 Å². The molecule has 0 amide bonds. The van der Waals surface area contributed by atoms with Gasteiger partial charge in [-0.15, -0.1) is 0 Å². The molecule has 0 aromatic carbocycles. The molecule has 0 aliphatic rings. The van der Waals surface area contributed by atoms with Crippen LogP contribution in [0.2, 0.25) is 0 Å². The third-order valence-corrected chi connectivity index (χ3v) is 2.00. The summed E-state index contributed by atoms with van der Waals surface area (Å²) in [5, 5.41) is 13.2. The summed E-state index contributed by atoms with van der Waals surface area (Å²) < 4.78 is 4.87. The Bertz CT molecular complexity index is 418. The Balaban J connectivity index is 2.48. The number of hydrogen-bond donors (Lipinski definition) is 2. The number of anilines is 1. The number of aromatic nitrogens is 1. The molecule has 0 saturated carbocycles. The zero-order valence-electron chi connectivity index (χ0n) is 10.00. The molecule has 8 heteroatoms. The van der Waals surface area contributed by atoms with Crippen molar-refractivity contribution in [2.24, 2.45) is 10.7 Å². The van der Waals surface area contributed by atoms with E-state index < -0.39 is 4.92 Å². The molecule has 8 nitrogen and oxygen atoms in total. The van der Waals surface area contributed by atoms with Crippen molar-refractivity contribution < 1.29 is 9.66 Å². The average Bonchev–Trinajstić information content (AvgIpc) is 2.35. The number of rotatable bonds is 6. The highest BCUT2D eigenvalue weighted by Gasteiger charge is 2.05. The van der Waals surface area contributed by atoms with Gasteiger partial charge in [0, 0.05) is 26.3 Å². The van der Waals surface area contributed by atoms with E-state index in [-0.39, 0.29) is 11.6 Å². The Kier molecular flexibility index (Phi) is 5.52. The lowest BCUT2D eigenvalue weighted by atomic mass is 10.4. The van der Waals surface area contributed by atoms with E-state index in [1.165, 1.54) is 12.1 Å². The van der Waals surface area contributed by atoms with Crippen molar-refractivity contribution in [2.45, 2.75) is 6.42 Å². The first-order chi connectivity index (χ1) is 8.63. The zero-order valence-corrected chi connectivity index (χ0v) is 10.00. The van der Waals surface area contributed by atoms with E-state index in [1.807, 2.05) is 0 Å². The molecule has 0 unspecified atom stereocenters. The van der Waals surface area contributed by atoms with E-state index in [9.17, 15) is 10.1 Å². The maximum absolute atomic E-state index is 10.4. The van der Waals surface area contributed by atoms with E-state index in [0.29, 0.717) is 19.0 Å². The number of nitrogens with zero attached hydrogens (tertiary/aromatic N) is 3. The van der Waals surface area contributed by atoms with E-state index >= 15 is 0 Å². The average molecular weight is 253 g/mol. The van der Waals surface area contributed by atoms with Crippen LogP contribution in [-0.2, 0) is 4.74 Å². The summed E-state index contributed by atoms with van der Waals surface area (Å²) in [4.78, 5) is 17.8. The molecule has 0 atom stereocenters. The van der Waals surface area contributed by atoms with Crippen molar-refractivity contribution in [1.82, 2.24) is 4.98 Å². The minimum absolute atomic E-state index is 0.0730. The molecule has 0 aliphatic carbocycles. The monoisotopic (exact) mass is 253 g/mol. The molecule has 1 aromatic heterocycles. The van der Waals surface area contributed by atoms with Gasteiger partial charge < -0.3 is 15.8 Å². The fourth-order valence-corrected chi connectivity index (χ4v) is 1.15. The number of hydrogen-bond acceptors (Lipinski definition) is 5. The Hall–Kier alpha value is -2.22. The maximum Gasteiger partial charge on any atom is 0.287 e. The largest absolute Gasteiger partial charge is 0.385 e. The third-order valence-electron chi connectivity index (χ3n) is 2.00. The van der Waals surface area contributed by atoms with Gasteiger partial charge in [-0.3, -0.25) is 15.1 Å². The molecule has 0 spiro atoms. The van der Waals surface area contributed by atoms with Gasteiger partial charge in [-0.05, 0) is 12.5 Å². The highest BCUT2D eigenvalue weighted by atomic mass is 16.6. The van der Waals surface area contributed by atoms with E-state index in [0.717, 1.165) is 12.6 Å². The van der Waals surface area contributed by atoms with Gasteiger partial charge in [0.25, 0.3) is 5.69 Å². The molecule has 0 radical (unpaired) electrons. The van der Waals surface area contributed by atoms with Crippen molar-refractivity contribution in [3.63, 3.8) is 0 Å². The molecule has 18 heavy (non-hydrogen) atoms. The Morgan fingerprint density at radius 1 is 1.67 bits per heavy atom. The van der Waals surface area contributed by atoms with Crippen LogP contribution in [0.5, 0.6) is 0 Å². The van der Waals surface area contributed by atoms with Crippen molar-refractivity contribution in [1.29, 1.82) is 0 Å². The molecule has 0 bridgehead atoms. The Labute approximate surface area is 104 Å². The molecular weight excluding hydrogens is 238 g/mol. The number of aliphatic imine (C=N–C) groups is 1. The molecule has 98 valence electrons. The molecule has 0 aliphatic heterocycles. The summed E-state index contributed by atoms with van der Waals surface area (Å²) in [6, 6.07) is 2.81. The van der Waals surface area contributed by atoms with Gasteiger partial charge in [0.15, 0.2) is 5.96 Å². The lowest BCUT2D eigenvalue weighted by molar-refractivity contribution is -0.385. The highest BCUT2D eigenvalue weighted by molar-refractivity contribution is 5.91. The number of nitrogens with one attached hydrogen (secondary N) is 1. The van der Waals surface area contributed by atoms with Crippen LogP contribution in [0, 0.1) is 10.1 Å². The smallest absolute Gasteiger partial charge is 0.287 e. The van der Waals surface area contributed by atoms with Crippen LogP contribution in [0.25, 0.3) is 0 Å². The molecule has 1 aromatic rings. The number of methoxy groups -OCH3 is 1. The van der Waals surface area contributed by atoms with Crippen molar-refractivity contribution in [3.8, 4) is 0 Å². The fraction of sp³-hybridized carbons (Fsp3) is 0.400. The van der Waals surface area contributed by atoms with Crippen molar-refractivity contribution in [2.75, 3.05) is 25.6 Å². The maximum atomic E-state index is 10.4. The number of guanidine groups is 1. The van der Waals surface area contributed by atoms with E-state index in [1.54, 1.807) is 7.11 Å². The van der Waals surface area contributed by atoms with Crippen molar-refractivity contribution in [3.05, 3.63) is 28.4 Å². The van der Waals surface area contributed by atoms with Crippen molar-refractivity contribution >= 4 is 17.5 Å². The second-order valence-electron chi connectivity index (χ2n) is 3.40. The molecular formula is C10H15N5O3. The normalized spacial score (nSPS) is 11.3. The SMILES string of the molecule is COCCCN=C(N)Nc1ccc([N+](=O)[O-])cn1. The van der Waals surface area contributed by atoms with E-state index in [2.05, 4.69) is 15.3 Å². The zero-order chi connectivity index (χ0) is 13.4.